The van der Waals surface area contributed by atoms with Crippen molar-refractivity contribution < 1.29 is 4.79 Å². The zero-order chi connectivity index (χ0) is 12.3. The van der Waals surface area contributed by atoms with E-state index < -0.39 is 0 Å². The van der Waals surface area contributed by atoms with Gasteiger partial charge in [-0.1, -0.05) is 6.92 Å². The van der Waals surface area contributed by atoms with Crippen LogP contribution in [-0.4, -0.2) is 20.5 Å². The molecule has 4 nitrogen and oxygen atoms in total. The number of carbonyl (C=O) groups is 1. The van der Waals surface area contributed by atoms with Gasteiger partial charge in [0.15, 0.2) is 0 Å². The fourth-order valence-electron chi connectivity index (χ4n) is 1.74. The summed E-state index contributed by atoms with van der Waals surface area (Å²) in [6.45, 7) is 4.74. The smallest absolute Gasteiger partial charge is 0.212 e. The highest BCUT2D eigenvalue weighted by atomic mass is 16.1. The maximum Gasteiger partial charge on any atom is 0.212 e. The van der Waals surface area contributed by atoms with Crippen molar-refractivity contribution in [2.24, 2.45) is 0 Å². The molecule has 0 unspecified atom stereocenters. The van der Waals surface area contributed by atoms with Crippen LogP contribution in [-0.2, 0) is 6.54 Å². The number of hydrogen-bond donors (Lipinski definition) is 0. The standard InChI is InChI=1S/C13H15N3O/c1-3-6-16-12(4-5-15-16)13(17)11-7-10(2)8-14-9-11/h4-5,7-9H,3,6H2,1-2H3. The molecule has 0 aliphatic heterocycles. The minimum Gasteiger partial charge on any atom is -0.287 e. The summed E-state index contributed by atoms with van der Waals surface area (Å²) in [4.78, 5) is 16.3. The minimum atomic E-state index is -0.0212. The summed E-state index contributed by atoms with van der Waals surface area (Å²) in [5.74, 6) is -0.0212. The zero-order valence-electron chi connectivity index (χ0n) is 10.1. The lowest BCUT2D eigenvalue weighted by Crippen LogP contribution is -2.11. The highest BCUT2D eigenvalue weighted by molar-refractivity contribution is 6.07. The fourth-order valence-corrected chi connectivity index (χ4v) is 1.74. The van der Waals surface area contributed by atoms with Crippen molar-refractivity contribution in [3.05, 3.63) is 47.5 Å². The summed E-state index contributed by atoms with van der Waals surface area (Å²) < 4.78 is 1.74. The summed E-state index contributed by atoms with van der Waals surface area (Å²) >= 11 is 0. The van der Waals surface area contributed by atoms with Gasteiger partial charge in [-0.2, -0.15) is 5.10 Å². The average Bonchev–Trinajstić information content (AvgIpc) is 2.77. The number of pyridine rings is 1. The molecule has 0 radical (unpaired) electrons. The first kappa shape index (κ1) is 11.5. The van der Waals surface area contributed by atoms with Crippen molar-refractivity contribution in [1.29, 1.82) is 0 Å². The van der Waals surface area contributed by atoms with Gasteiger partial charge in [-0.05, 0) is 31.0 Å². The molecule has 0 spiro atoms. The van der Waals surface area contributed by atoms with E-state index in [0.717, 1.165) is 18.5 Å². The lowest BCUT2D eigenvalue weighted by atomic mass is 10.1. The van der Waals surface area contributed by atoms with Crippen LogP contribution in [0.3, 0.4) is 0 Å². The van der Waals surface area contributed by atoms with Gasteiger partial charge in [0.1, 0.15) is 5.69 Å². The second-order valence-electron chi connectivity index (χ2n) is 4.02. The van der Waals surface area contributed by atoms with Gasteiger partial charge in [0.2, 0.25) is 5.78 Å². The van der Waals surface area contributed by atoms with Crippen LogP contribution >= 0.6 is 0 Å². The Labute approximate surface area is 100 Å². The van der Waals surface area contributed by atoms with Crippen molar-refractivity contribution in [2.75, 3.05) is 0 Å². The number of aryl methyl sites for hydroxylation is 2. The Morgan fingerprint density at radius 2 is 2.24 bits per heavy atom. The molecule has 2 heterocycles. The van der Waals surface area contributed by atoms with E-state index in [0.29, 0.717) is 11.3 Å². The minimum absolute atomic E-state index is 0.0212. The van der Waals surface area contributed by atoms with Crippen LogP contribution in [0, 0.1) is 6.92 Å². The first-order valence-electron chi connectivity index (χ1n) is 5.70. The van der Waals surface area contributed by atoms with Crippen molar-refractivity contribution in [1.82, 2.24) is 14.8 Å². The molecule has 17 heavy (non-hydrogen) atoms. The molecule has 0 aliphatic carbocycles. The largest absolute Gasteiger partial charge is 0.287 e. The molecular formula is C13H15N3O. The molecule has 0 aromatic carbocycles. The Hall–Kier alpha value is -1.97. The first-order chi connectivity index (χ1) is 8.22. The van der Waals surface area contributed by atoms with Gasteiger partial charge < -0.3 is 0 Å². The van der Waals surface area contributed by atoms with Gasteiger partial charge in [0, 0.05) is 30.7 Å². The Morgan fingerprint density at radius 1 is 1.41 bits per heavy atom. The molecule has 2 aromatic heterocycles. The third-order valence-corrected chi connectivity index (χ3v) is 2.52. The molecular weight excluding hydrogens is 214 g/mol. The van der Waals surface area contributed by atoms with E-state index in [1.807, 2.05) is 13.0 Å². The second-order valence-corrected chi connectivity index (χ2v) is 4.02. The van der Waals surface area contributed by atoms with Gasteiger partial charge in [-0.3, -0.25) is 14.5 Å². The Morgan fingerprint density at radius 3 is 2.94 bits per heavy atom. The molecule has 2 rings (SSSR count). The van der Waals surface area contributed by atoms with E-state index >= 15 is 0 Å². The average molecular weight is 229 g/mol. The Balaban J connectivity index is 2.33. The van der Waals surface area contributed by atoms with Crippen LogP contribution in [0.5, 0.6) is 0 Å². The van der Waals surface area contributed by atoms with Crippen molar-refractivity contribution in [3.63, 3.8) is 0 Å². The summed E-state index contributed by atoms with van der Waals surface area (Å²) in [6.07, 6.45) is 5.94. The van der Waals surface area contributed by atoms with Crippen LogP contribution in [0.4, 0.5) is 0 Å². The first-order valence-corrected chi connectivity index (χ1v) is 5.70. The van der Waals surface area contributed by atoms with E-state index in [1.54, 1.807) is 29.3 Å². The summed E-state index contributed by atoms with van der Waals surface area (Å²) in [7, 11) is 0. The Bertz CT molecular complexity index is 531. The lowest BCUT2D eigenvalue weighted by Gasteiger charge is -2.05. The zero-order valence-corrected chi connectivity index (χ0v) is 10.1. The maximum absolute atomic E-state index is 12.3. The van der Waals surface area contributed by atoms with E-state index in [4.69, 9.17) is 0 Å². The van der Waals surface area contributed by atoms with Crippen LogP contribution in [0.1, 0.15) is 35.0 Å². The van der Waals surface area contributed by atoms with Crippen LogP contribution in [0.2, 0.25) is 0 Å². The number of hydrogen-bond acceptors (Lipinski definition) is 3. The van der Waals surface area contributed by atoms with Gasteiger partial charge in [-0.15, -0.1) is 0 Å². The van der Waals surface area contributed by atoms with E-state index in [9.17, 15) is 4.79 Å². The van der Waals surface area contributed by atoms with Gasteiger partial charge in [-0.25, -0.2) is 0 Å². The molecule has 0 bridgehead atoms. The molecule has 88 valence electrons. The summed E-state index contributed by atoms with van der Waals surface area (Å²) in [6, 6.07) is 3.60. The van der Waals surface area contributed by atoms with Crippen molar-refractivity contribution in [2.45, 2.75) is 26.8 Å². The van der Waals surface area contributed by atoms with Gasteiger partial charge in [0.25, 0.3) is 0 Å². The normalized spacial score (nSPS) is 10.5. The van der Waals surface area contributed by atoms with Crippen LogP contribution in [0.25, 0.3) is 0 Å². The summed E-state index contributed by atoms with van der Waals surface area (Å²) in [5.41, 5.74) is 2.22. The lowest BCUT2D eigenvalue weighted by molar-refractivity contribution is 0.102. The third-order valence-electron chi connectivity index (χ3n) is 2.52. The topological polar surface area (TPSA) is 47.8 Å². The molecule has 0 saturated carbocycles. The molecule has 4 heteroatoms. The summed E-state index contributed by atoms with van der Waals surface area (Å²) in [5, 5.41) is 4.15. The van der Waals surface area contributed by atoms with Gasteiger partial charge in [0.05, 0.1) is 0 Å². The highest BCUT2D eigenvalue weighted by Gasteiger charge is 2.14. The third kappa shape index (κ3) is 2.41. The molecule has 2 aromatic rings. The second kappa shape index (κ2) is 4.91. The molecule has 0 N–H and O–H groups in total. The Kier molecular flexibility index (Phi) is 3.32. The van der Waals surface area contributed by atoms with E-state index in [1.165, 1.54) is 0 Å². The van der Waals surface area contributed by atoms with Crippen LogP contribution in [0.15, 0.2) is 30.7 Å². The molecule has 0 aliphatic rings. The van der Waals surface area contributed by atoms with Crippen molar-refractivity contribution >= 4 is 5.78 Å². The SMILES string of the molecule is CCCn1nccc1C(=O)c1cncc(C)c1. The molecule has 0 amide bonds. The number of carbonyl (C=O) groups excluding carboxylic acids is 1. The van der Waals surface area contributed by atoms with E-state index in [-0.39, 0.29) is 5.78 Å². The highest BCUT2D eigenvalue weighted by Crippen LogP contribution is 2.10. The number of aromatic nitrogens is 3. The molecule has 0 fully saturated rings. The molecule has 0 atom stereocenters. The predicted octanol–water partition coefficient (Wildman–Crippen LogP) is 2.23. The van der Waals surface area contributed by atoms with Crippen LogP contribution < -0.4 is 0 Å². The quantitative estimate of drug-likeness (QED) is 0.755. The monoisotopic (exact) mass is 229 g/mol. The predicted molar refractivity (Wildman–Crippen MR) is 64.9 cm³/mol. The fraction of sp³-hybridized carbons (Fsp3) is 0.308. The number of rotatable bonds is 4. The molecule has 0 saturated heterocycles. The van der Waals surface area contributed by atoms with Crippen molar-refractivity contribution in [3.8, 4) is 0 Å². The van der Waals surface area contributed by atoms with Gasteiger partial charge >= 0.3 is 0 Å². The van der Waals surface area contributed by atoms with E-state index in [2.05, 4.69) is 17.0 Å². The number of nitrogens with zero attached hydrogens (tertiary/aromatic N) is 3. The number of ketones is 1. The maximum atomic E-state index is 12.3.